The minimum Gasteiger partial charge on any atom is -0.359 e. The number of hydrogen-bond donors (Lipinski definition) is 1. The van der Waals surface area contributed by atoms with Gasteiger partial charge in [0.15, 0.2) is 5.69 Å². The first-order valence-corrected chi connectivity index (χ1v) is 5.38. The van der Waals surface area contributed by atoms with Gasteiger partial charge in [-0.25, -0.2) is 4.98 Å². The Kier molecular flexibility index (Phi) is 4.30. The quantitative estimate of drug-likeness (QED) is 0.885. The lowest BCUT2D eigenvalue weighted by atomic mass is 10.3. The molecule has 0 fully saturated rings. The zero-order valence-electron chi connectivity index (χ0n) is 9.86. The maximum Gasteiger partial charge on any atom is 0.244 e. The third kappa shape index (κ3) is 3.33. The Hall–Kier alpha value is -1.80. The number of nitrogens with zero attached hydrogens (tertiary/aromatic N) is 3. The molecule has 0 unspecified atom stereocenters. The standard InChI is InChI=1S/C11H13ClN4O/c1-7(11(17)16(2)3)14-10-5-4-8(12)9(6-13)15-10/h4-5,7H,1-3H3,(H,14,15)/t7-/m0/s1. The van der Waals surface area contributed by atoms with Crippen LogP contribution < -0.4 is 5.32 Å². The second kappa shape index (κ2) is 5.51. The van der Waals surface area contributed by atoms with E-state index >= 15 is 0 Å². The first-order valence-electron chi connectivity index (χ1n) is 5.00. The highest BCUT2D eigenvalue weighted by Gasteiger charge is 2.15. The fraction of sp³-hybridized carbons (Fsp3) is 0.364. The molecule has 6 heteroatoms. The Morgan fingerprint density at radius 2 is 2.24 bits per heavy atom. The molecular formula is C11H13ClN4O. The summed E-state index contributed by atoms with van der Waals surface area (Å²) in [4.78, 5) is 17.1. The number of pyridine rings is 1. The van der Waals surface area contributed by atoms with Gasteiger partial charge in [0, 0.05) is 14.1 Å². The van der Waals surface area contributed by atoms with E-state index in [4.69, 9.17) is 16.9 Å². The molecule has 0 aliphatic heterocycles. The Morgan fingerprint density at radius 1 is 1.59 bits per heavy atom. The highest BCUT2D eigenvalue weighted by atomic mass is 35.5. The largest absolute Gasteiger partial charge is 0.359 e. The Bertz CT molecular complexity index is 467. The van der Waals surface area contributed by atoms with Gasteiger partial charge in [-0.3, -0.25) is 4.79 Å². The third-order valence-electron chi connectivity index (χ3n) is 2.13. The first-order chi connectivity index (χ1) is 7.95. The maximum atomic E-state index is 11.6. The molecule has 0 saturated heterocycles. The predicted molar refractivity (Wildman–Crippen MR) is 65.7 cm³/mol. The van der Waals surface area contributed by atoms with Gasteiger partial charge in [0.05, 0.1) is 5.02 Å². The zero-order valence-corrected chi connectivity index (χ0v) is 10.6. The van der Waals surface area contributed by atoms with Crippen LogP contribution >= 0.6 is 11.6 Å². The molecule has 1 aromatic heterocycles. The summed E-state index contributed by atoms with van der Waals surface area (Å²) in [5, 5.41) is 12.0. The SMILES string of the molecule is C[C@H](Nc1ccc(Cl)c(C#N)n1)C(=O)N(C)C. The number of nitriles is 1. The second-order valence-electron chi connectivity index (χ2n) is 3.74. The highest BCUT2D eigenvalue weighted by molar-refractivity contribution is 6.31. The molecule has 1 heterocycles. The molecule has 1 rings (SSSR count). The molecule has 17 heavy (non-hydrogen) atoms. The summed E-state index contributed by atoms with van der Waals surface area (Å²) in [5.74, 6) is 0.383. The van der Waals surface area contributed by atoms with Crippen LogP contribution in [0.5, 0.6) is 0 Å². The smallest absolute Gasteiger partial charge is 0.244 e. The van der Waals surface area contributed by atoms with E-state index in [0.717, 1.165) is 0 Å². The molecule has 90 valence electrons. The van der Waals surface area contributed by atoms with Gasteiger partial charge in [-0.05, 0) is 19.1 Å². The molecule has 5 nitrogen and oxygen atoms in total. The topological polar surface area (TPSA) is 69.0 Å². The van der Waals surface area contributed by atoms with E-state index in [0.29, 0.717) is 10.8 Å². The van der Waals surface area contributed by atoms with E-state index in [1.165, 1.54) is 4.90 Å². The number of aromatic nitrogens is 1. The molecule has 0 saturated carbocycles. The molecule has 0 aliphatic rings. The minimum atomic E-state index is -0.412. The van der Waals surface area contributed by atoms with Gasteiger partial charge in [-0.15, -0.1) is 0 Å². The summed E-state index contributed by atoms with van der Waals surface area (Å²) in [7, 11) is 3.35. The summed E-state index contributed by atoms with van der Waals surface area (Å²) in [6, 6.07) is 4.67. The van der Waals surface area contributed by atoms with E-state index in [1.807, 2.05) is 6.07 Å². The van der Waals surface area contributed by atoms with Gasteiger partial charge in [0.1, 0.15) is 17.9 Å². The Morgan fingerprint density at radius 3 is 2.76 bits per heavy atom. The van der Waals surface area contributed by atoms with Gasteiger partial charge < -0.3 is 10.2 Å². The predicted octanol–water partition coefficient (Wildman–Crippen LogP) is 1.50. The lowest BCUT2D eigenvalue weighted by molar-refractivity contribution is -0.129. The summed E-state index contributed by atoms with van der Waals surface area (Å²) in [5.41, 5.74) is 0.140. The van der Waals surface area contributed by atoms with Crippen LogP contribution in [0.3, 0.4) is 0 Å². The fourth-order valence-corrected chi connectivity index (χ4v) is 1.42. The third-order valence-corrected chi connectivity index (χ3v) is 2.43. The van der Waals surface area contributed by atoms with Gasteiger partial charge >= 0.3 is 0 Å². The molecule has 1 N–H and O–H groups in total. The average Bonchev–Trinajstić information content (AvgIpc) is 2.30. The van der Waals surface area contributed by atoms with E-state index in [1.54, 1.807) is 33.2 Å². The lowest BCUT2D eigenvalue weighted by Gasteiger charge is -2.18. The first kappa shape index (κ1) is 13.3. The van der Waals surface area contributed by atoms with Crippen LogP contribution in [-0.2, 0) is 4.79 Å². The van der Waals surface area contributed by atoms with Crippen molar-refractivity contribution in [3.63, 3.8) is 0 Å². The van der Waals surface area contributed by atoms with Crippen molar-refractivity contribution in [3.8, 4) is 6.07 Å². The van der Waals surface area contributed by atoms with Crippen molar-refractivity contribution in [2.24, 2.45) is 0 Å². The average molecular weight is 253 g/mol. The minimum absolute atomic E-state index is 0.0692. The number of carbonyl (C=O) groups excluding carboxylic acids is 1. The van der Waals surface area contributed by atoms with Crippen molar-refractivity contribution in [2.75, 3.05) is 19.4 Å². The van der Waals surface area contributed by atoms with E-state index in [-0.39, 0.29) is 11.6 Å². The molecule has 0 aromatic carbocycles. The van der Waals surface area contributed by atoms with Crippen molar-refractivity contribution >= 4 is 23.3 Å². The van der Waals surface area contributed by atoms with Crippen LogP contribution in [-0.4, -0.2) is 35.9 Å². The molecule has 0 radical (unpaired) electrons. The van der Waals surface area contributed by atoms with Crippen molar-refractivity contribution in [1.82, 2.24) is 9.88 Å². The molecule has 1 amide bonds. The van der Waals surface area contributed by atoms with Crippen LogP contribution in [0.25, 0.3) is 0 Å². The van der Waals surface area contributed by atoms with E-state index in [9.17, 15) is 4.79 Å². The van der Waals surface area contributed by atoms with Gasteiger partial charge in [0.2, 0.25) is 5.91 Å². The van der Waals surface area contributed by atoms with Crippen LogP contribution in [0.1, 0.15) is 12.6 Å². The molecule has 0 spiro atoms. The van der Waals surface area contributed by atoms with Crippen molar-refractivity contribution < 1.29 is 4.79 Å². The lowest BCUT2D eigenvalue weighted by Crippen LogP contribution is -2.36. The number of nitrogens with one attached hydrogen (secondary N) is 1. The number of hydrogen-bond acceptors (Lipinski definition) is 4. The molecule has 1 aromatic rings. The van der Waals surface area contributed by atoms with Crippen molar-refractivity contribution in [3.05, 3.63) is 22.8 Å². The highest BCUT2D eigenvalue weighted by Crippen LogP contribution is 2.16. The van der Waals surface area contributed by atoms with E-state index in [2.05, 4.69) is 10.3 Å². The van der Waals surface area contributed by atoms with Crippen molar-refractivity contribution in [1.29, 1.82) is 5.26 Å². The zero-order chi connectivity index (χ0) is 13.0. The van der Waals surface area contributed by atoms with Gasteiger partial charge in [-0.2, -0.15) is 5.26 Å². The summed E-state index contributed by atoms with van der Waals surface area (Å²) < 4.78 is 0. The van der Waals surface area contributed by atoms with Crippen LogP contribution in [0.4, 0.5) is 5.82 Å². The number of carbonyl (C=O) groups is 1. The number of anilines is 1. The van der Waals surface area contributed by atoms with Crippen LogP contribution in [0.2, 0.25) is 5.02 Å². The molecular weight excluding hydrogens is 240 g/mol. The number of likely N-dealkylation sites (N-methyl/N-ethyl adjacent to an activating group) is 1. The van der Waals surface area contributed by atoms with Gasteiger partial charge in [-0.1, -0.05) is 11.6 Å². The molecule has 0 bridgehead atoms. The van der Waals surface area contributed by atoms with Gasteiger partial charge in [0.25, 0.3) is 0 Å². The second-order valence-corrected chi connectivity index (χ2v) is 4.14. The number of amides is 1. The van der Waals surface area contributed by atoms with Crippen LogP contribution in [0, 0.1) is 11.3 Å². The monoisotopic (exact) mass is 252 g/mol. The molecule has 0 aliphatic carbocycles. The number of rotatable bonds is 3. The fourth-order valence-electron chi connectivity index (χ4n) is 1.27. The normalized spacial score (nSPS) is 11.5. The van der Waals surface area contributed by atoms with Crippen LogP contribution in [0.15, 0.2) is 12.1 Å². The van der Waals surface area contributed by atoms with E-state index < -0.39 is 6.04 Å². The van der Waals surface area contributed by atoms with Crippen molar-refractivity contribution in [2.45, 2.75) is 13.0 Å². The summed E-state index contributed by atoms with van der Waals surface area (Å²) >= 11 is 5.76. The summed E-state index contributed by atoms with van der Waals surface area (Å²) in [6.07, 6.45) is 0. The number of halogens is 1. The maximum absolute atomic E-state index is 11.6. The Balaban J connectivity index is 2.83. The Labute approximate surface area is 105 Å². The summed E-state index contributed by atoms with van der Waals surface area (Å²) in [6.45, 7) is 1.73. The molecule has 1 atom stereocenters.